The molecule has 0 aliphatic heterocycles. The van der Waals surface area contributed by atoms with Gasteiger partial charge in [0.2, 0.25) is 5.91 Å². The lowest BCUT2D eigenvalue weighted by molar-refractivity contribution is -0.115. The second kappa shape index (κ2) is 10.7. The van der Waals surface area contributed by atoms with E-state index in [1.807, 2.05) is 12.1 Å². The summed E-state index contributed by atoms with van der Waals surface area (Å²) in [5, 5.41) is 13.7. The van der Waals surface area contributed by atoms with E-state index >= 15 is 0 Å². The Morgan fingerprint density at radius 2 is 2.09 bits per heavy atom. The molecule has 0 fully saturated rings. The molecule has 1 amide bonds. The molecule has 1 N–H and O–H groups in total. The number of benzene rings is 2. The Morgan fingerprint density at radius 1 is 1.27 bits per heavy atom. The zero-order valence-electron chi connectivity index (χ0n) is 18.3. The van der Waals surface area contributed by atoms with Crippen molar-refractivity contribution in [1.29, 1.82) is 5.26 Å². The summed E-state index contributed by atoms with van der Waals surface area (Å²) >= 11 is 7.56. The van der Waals surface area contributed by atoms with Crippen molar-refractivity contribution in [3.05, 3.63) is 82.0 Å². The number of fused-ring (bicyclic) bond motifs is 1. The Balaban J connectivity index is 1.36. The molecular formula is C26H24ClN3O2S. The van der Waals surface area contributed by atoms with Gasteiger partial charge in [-0.3, -0.25) is 4.79 Å². The lowest BCUT2D eigenvalue weighted by atomic mass is 9.82. The van der Waals surface area contributed by atoms with Crippen LogP contribution >= 0.6 is 23.4 Å². The van der Waals surface area contributed by atoms with Crippen LogP contribution < -0.4 is 10.1 Å². The van der Waals surface area contributed by atoms with Gasteiger partial charge in [-0.25, -0.2) is 4.98 Å². The maximum absolute atomic E-state index is 12.3. The van der Waals surface area contributed by atoms with Crippen LogP contribution in [-0.2, 0) is 17.6 Å². The van der Waals surface area contributed by atoms with Gasteiger partial charge in [-0.15, -0.1) is 11.8 Å². The maximum atomic E-state index is 12.3. The lowest BCUT2D eigenvalue weighted by Crippen LogP contribution is -2.15. The van der Waals surface area contributed by atoms with Crippen LogP contribution in [0.5, 0.6) is 5.75 Å². The second-order valence-corrected chi connectivity index (χ2v) is 9.40. The van der Waals surface area contributed by atoms with Gasteiger partial charge in [-0.05, 0) is 60.6 Å². The zero-order valence-corrected chi connectivity index (χ0v) is 19.9. The Morgan fingerprint density at radius 3 is 2.82 bits per heavy atom. The van der Waals surface area contributed by atoms with Crippen molar-refractivity contribution in [2.45, 2.75) is 36.6 Å². The number of rotatable bonds is 7. The number of carbonyl (C=O) groups is 1. The van der Waals surface area contributed by atoms with E-state index in [1.165, 1.54) is 17.3 Å². The smallest absolute Gasteiger partial charge is 0.225 e. The quantitative estimate of drug-likeness (QED) is 0.422. The van der Waals surface area contributed by atoms with Crippen LogP contribution in [-0.4, -0.2) is 23.8 Å². The number of nitrogens with one attached hydrogen (secondary N) is 1. The van der Waals surface area contributed by atoms with E-state index in [4.69, 9.17) is 21.3 Å². The molecule has 1 aliphatic carbocycles. The van der Waals surface area contributed by atoms with Crippen molar-refractivity contribution in [3.63, 3.8) is 0 Å². The Hall–Kier alpha value is -3.01. The molecule has 5 nitrogen and oxygen atoms in total. The number of carbonyl (C=O) groups excluding carboxylic acids is 1. The number of thioether (sulfide) groups is 1. The summed E-state index contributed by atoms with van der Waals surface area (Å²) in [6, 6.07) is 19.9. The van der Waals surface area contributed by atoms with Gasteiger partial charge in [-0.2, -0.15) is 5.26 Å². The number of nitrogens with zero attached hydrogens (tertiary/aromatic N) is 2. The number of pyridine rings is 1. The molecule has 4 rings (SSSR count). The Bertz CT molecular complexity index is 1190. The van der Waals surface area contributed by atoms with Crippen molar-refractivity contribution in [1.82, 2.24) is 4.98 Å². The minimum atomic E-state index is -0.120. The number of aromatic nitrogens is 1. The molecule has 168 valence electrons. The van der Waals surface area contributed by atoms with Crippen LogP contribution in [0.1, 0.15) is 41.1 Å². The average molecular weight is 478 g/mol. The minimum Gasteiger partial charge on any atom is -0.495 e. The number of aryl methyl sites for hydroxylation is 1. The molecule has 0 spiro atoms. The zero-order chi connectivity index (χ0) is 23.2. The highest BCUT2D eigenvalue weighted by Gasteiger charge is 2.23. The first-order chi connectivity index (χ1) is 16.1. The molecule has 0 radical (unpaired) electrons. The van der Waals surface area contributed by atoms with E-state index in [2.05, 4.69) is 35.7 Å². The highest BCUT2D eigenvalue weighted by molar-refractivity contribution is 7.99. The predicted molar refractivity (Wildman–Crippen MR) is 132 cm³/mol. The number of ether oxygens (including phenoxy) is 1. The Kier molecular flexibility index (Phi) is 7.54. The van der Waals surface area contributed by atoms with Crippen molar-refractivity contribution >= 4 is 35.0 Å². The van der Waals surface area contributed by atoms with Crippen LogP contribution in [0.15, 0.2) is 59.6 Å². The molecule has 1 aromatic heterocycles. The highest BCUT2D eigenvalue weighted by Crippen LogP contribution is 2.34. The number of nitriles is 1. The summed E-state index contributed by atoms with van der Waals surface area (Å²) in [6.45, 7) is 0. The van der Waals surface area contributed by atoms with Gasteiger partial charge < -0.3 is 10.1 Å². The van der Waals surface area contributed by atoms with Crippen LogP contribution in [0.25, 0.3) is 0 Å². The number of anilines is 1. The molecule has 2 aromatic carbocycles. The molecule has 1 unspecified atom stereocenters. The molecule has 1 heterocycles. The second-order valence-electron chi connectivity index (χ2n) is 7.91. The van der Waals surface area contributed by atoms with Crippen LogP contribution in [0.4, 0.5) is 5.69 Å². The standard InChI is InChI=1S/C26H24ClN3O2S/c1-32-24-10-8-21(15-22(24)27)29-25(31)11-12-33-26-20(16-28)14-19-13-18(7-9-23(19)30-26)17-5-3-2-4-6-17/h2-6,8,10,14-15,18H,7,9,11-13H2,1H3,(H,29,31). The molecule has 0 bridgehead atoms. The fourth-order valence-corrected chi connectivity index (χ4v) is 5.23. The number of amides is 1. The average Bonchev–Trinajstić information content (AvgIpc) is 2.84. The fourth-order valence-electron chi connectivity index (χ4n) is 4.05. The predicted octanol–water partition coefficient (Wildman–Crippen LogP) is 6.01. The molecule has 33 heavy (non-hydrogen) atoms. The highest BCUT2D eigenvalue weighted by atomic mass is 35.5. The number of hydrogen-bond donors (Lipinski definition) is 1. The van der Waals surface area contributed by atoms with Crippen LogP contribution in [0.2, 0.25) is 5.02 Å². The van der Waals surface area contributed by atoms with Gasteiger partial charge in [-0.1, -0.05) is 41.9 Å². The van der Waals surface area contributed by atoms with Crippen molar-refractivity contribution in [2.24, 2.45) is 0 Å². The van der Waals surface area contributed by atoms with Gasteiger partial charge in [0.1, 0.15) is 16.8 Å². The van der Waals surface area contributed by atoms with Gasteiger partial charge in [0, 0.05) is 23.6 Å². The van der Waals surface area contributed by atoms with Crippen molar-refractivity contribution in [2.75, 3.05) is 18.2 Å². The van der Waals surface area contributed by atoms with Crippen molar-refractivity contribution in [3.8, 4) is 11.8 Å². The van der Waals surface area contributed by atoms with E-state index in [1.54, 1.807) is 25.3 Å². The normalized spacial score (nSPS) is 14.8. The number of hydrogen-bond acceptors (Lipinski definition) is 5. The molecule has 3 aromatic rings. The van der Waals surface area contributed by atoms with Gasteiger partial charge >= 0.3 is 0 Å². The van der Waals surface area contributed by atoms with Gasteiger partial charge in [0.15, 0.2) is 0 Å². The minimum absolute atomic E-state index is 0.120. The topological polar surface area (TPSA) is 75.0 Å². The van der Waals surface area contributed by atoms with Gasteiger partial charge in [0.05, 0.1) is 17.7 Å². The summed E-state index contributed by atoms with van der Waals surface area (Å²) in [6.07, 6.45) is 3.15. The van der Waals surface area contributed by atoms with Crippen LogP contribution in [0, 0.1) is 11.3 Å². The van der Waals surface area contributed by atoms with Crippen molar-refractivity contribution < 1.29 is 9.53 Å². The first-order valence-electron chi connectivity index (χ1n) is 10.8. The molecule has 1 aliphatic rings. The molecule has 1 atom stereocenters. The number of methoxy groups -OCH3 is 1. The summed E-state index contributed by atoms with van der Waals surface area (Å²) in [4.78, 5) is 17.1. The SMILES string of the molecule is COc1ccc(NC(=O)CCSc2nc3c(cc2C#N)CC(c2ccccc2)CC3)cc1Cl. The molecule has 0 saturated heterocycles. The molecule has 7 heteroatoms. The Labute approximate surface area is 203 Å². The van der Waals surface area contributed by atoms with E-state index in [9.17, 15) is 10.1 Å². The van der Waals surface area contributed by atoms with E-state index in [-0.39, 0.29) is 5.91 Å². The van der Waals surface area contributed by atoms with E-state index in [0.29, 0.717) is 45.1 Å². The summed E-state index contributed by atoms with van der Waals surface area (Å²) in [5.74, 6) is 1.43. The molecular weight excluding hydrogens is 454 g/mol. The first-order valence-corrected chi connectivity index (χ1v) is 12.2. The third kappa shape index (κ3) is 5.68. The third-order valence-corrected chi connectivity index (χ3v) is 7.04. The summed E-state index contributed by atoms with van der Waals surface area (Å²) in [5.41, 5.74) is 4.76. The van der Waals surface area contributed by atoms with Crippen LogP contribution in [0.3, 0.4) is 0 Å². The third-order valence-electron chi connectivity index (χ3n) is 5.75. The lowest BCUT2D eigenvalue weighted by Gasteiger charge is -2.25. The maximum Gasteiger partial charge on any atom is 0.225 e. The van der Waals surface area contributed by atoms with Gasteiger partial charge in [0.25, 0.3) is 0 Å². The summed E-state index contributed by atoms with van der Waals surface area (Å²) < 4.78 is 5.13. The largest absolute Gasteiger partial charge is 0.495 e. The number of halogens is 1. The van der Waals surface area contributed by atoms with E-state index in [0.717, 1.165) is 30.5 Å². The summed E-state index contributed by atoms with van der Waals surface area (Å²) in [7, 11) is 1.54. The molecule has 0 saturated carbocycles. The first kappa shape index (κ1) is 23.2. The van der Waals surface area contributed by atoms with E-state index < -0.39 is 0 Å². The fraction of sp³-hybridized carbons (Fsp3) is 0.269. The monoisotopic (exact) mass is 477 g/mol.